The van der Waals surface area contributed by atoms with Crippen LogP contribution in [0.5, 0.6) is 0 Å². The Morgan fingerprint density at radius 3 is 2.50 bits per heavy atom. The Morgan fingerprint density at radius 1 is 1.28 bits per heavy atom. The molecule has 1 aromatic heterocycles. The molecule has 2 aromatic rings. The molecule has 2 rings (SSSR count). The standard InChI is InChI=1S/C15H18N2O/c1-5-17-12(4)15(11(3)16-17)14-7-6-13(9-18)8-10(14)2/h6-9H,5H2,1-4H3. The maximum absolute atomic E-state index is 10.8. The van der Waals surface area contributed by atoms with Gasteiger partial charge in [0.25, 0.3) is 0 Å². The highest BCUT2D eigenvalue weighted by molar-refractivity contribution is 5.79. The van der Waals surface area contributed by atoms with Crippen molar-refractivity contribution in [2.75, 3.05) is 0 Å². The van der Waals surface area contributed by atoms with Crippen molar-refractivity contribution >= 4 is 6.29 Å². The molecule has 0 aliphatic carbocycles. The van der Waals surface area contributed by atoms with E-state index in [1.807, 2.05) is 36.7 Å². The summed E-state index contributed by atoms with van der Waals surface area (Å²) in [5.74, 6) is 0. The Hall–Kier alpha value is -1.90. The van der Waals surface area contributed by atoms with Crippen molar-refractivity contribution in [2.24, 2.45) is 0 Å². The molecule has 0 amide bonds. The van der Waals surface area contributed by atoms with Crippen LogP contribution >= 0.6 is 0 Å². The summed E-state index contributed by atoms with van der Waals surface area (Å²) in [4.78, 5) is 10.8. The van der Waals surface area contributed by atoms with Gasteiger partial charge in [0.1, 0.15) is 6.29 Å². The lowest BCUT2D eigenvalue weighted by Gasteiger charge is -2.07. The van der Waals surface area contributed by atoms with Gasteiger partial charge in [-0.05, 0) is 44.9 Å². The quantitative estimate of drug-likeness (QED) is 0.774. The molecule has 3 heteroatoms. The zero-order valence-corrected chi connectivity index (χ0v) is 11.3. The maximum atomic E-state index is 10.8. The van der Waals surface area contributed by atoms with Crippen molar-refractivity contribution < 1.29 is 4.79 Å². The Kier molecular flexibility index (Phi) is 3.32. The lowest BCUT2D eigenvalue weighted by molar-refractivity contribution is 0.112. The highest BCUT2D eigenvalue weighted by atomic mass is 16.1. The molecule has 0 aliphatic rings. The summed E-state index contributed by atoms with van der Waals surface area (Å²) in [6, 6.07) is 5.79. The average Bonchev–Trinajstić information content (AvgIpc) is 2.64. The summed E-state index contributed by atoms with van der Waals surface area (Å²) < 4.78 is 2.01. The van der Waals surface area contributed by atoms with Crippen LogP contribution in [-0.4, -0.2) is 16.1 Å². The fraction of sp³-hybridized carbons (Fsp3) is 0.333. The maximum Gasteiger partial charge on any atom is 0.150 e. The largest absolute Gasteiger partial charge is 0.298 e. The van der Waals surface area contributed by atoms with Crippen molar-refractivity contribution in [3.8, 4) is 11.1 Å². The fourth-order valence-electron chi connectivity index (χ4n) is 2.44. The van der Waals surface area contributed by atoms with Gasteiger partial charge in [0.2, 0.25) is 0 Å². The number of aromatic nitrogens is 2. The summed E-state index contributed by atoms with van der Waals surface area (Å²) >= 11 is 0. The van der Waals surface area contributed by atoms with Gasteiger partial charge in [-0.3, -0.25) is 9.48 Å². The van der Waals surface area contributed by atoms with Gasteiger partial charge >= 0.3 is 0 Å². The van der Waals surface area contributed by atoms with Crippen molar-refractivity contribution in [3.05, 3.63) is 40.7 Å². The molecule has 0 unspecified atom stereocenters. The molecular weight excluding hydrogens is 224 g/mol. The molecule has 0 spiro atoms. The van der Waals surface area contributed by atoms with Crippen molar-refractivity contribution in [1.82, 2.24) is 9.78 Å². The molecule has 1 aromatic carbocycles. The van der Waals surface area contributed by atoms with Crippen LogP contribution in [0.25, 0.3) is 11.1 Å². The molecule has 0 saturated heterocycles. The predicted octanol–water partition coefficient (Wildman–Crippen LogP) is 3.31. The van der Waals surface area contributed by atoms with Gasteiger partial charge in [0, 0.05) is 23.4 Å². The first-order valence-corrected chi connectivity index (χ1v) is 6.18. The van der Waals surface area contributed by atoms with E-state index in [2.05, 4.69) is 18.9 Å². The lowest BCUT2D eigenvalue weighted by atomic mass is 9.97. The SMILES string of the molecule is CCn1nc(C)c(-c2ccc(C=O)cc2C)c1C. The normalized spacial score (nSPS) is 10.7. The van der Waals surface area contributed by atoms with E-state index in [0.29, 0.717) is 0 Å². The van der Waals surface area contributed by atoms with Crippen LogP contribution in [0.3, 0.4) is 0 Å². The molecule has 0 bridgehead atoms. The summed E-state index contributed by atoms with van der Waals surface area (Å²) in [5.41, 5.74) is 6.39. The zero-order valence-electron chi connectivity index (χ0n) is 11.3. The number of aldehydes is 1. The van der Waals surface area contributed by atoms with Crippen molar-refractivity contribution in [1.29, 1.82) is 0 Å². The summed E-state index contributed by atoms with van der Waals surface area (Å²) in [6.07, 6.45) is 0.881. The van der Waals surface area contributed by atoms with Crippen LogP contribution in [0.15, 0.2) is 18.2 Å². The first-order chi connectivity index (χ1) is 8.58. The van der Waals surface area contributed by atoms with Crippen LogP contribution in [0.1, 0.15) is 34.2 Å². The third-order valence-electron chi connectivity index (χ3n) is 3.34. The van der Waals surface area contributed by atoms with Crippen LogP contribution in [0.2, 0.25) is 0 Å². The lowest BCUT2D eigenvalue weighted by Crippen LogP contribution is -1.98. The summed E-state index contributed by atoms with van der Waals surface area (Å²) in [5, 5.41) is 4.54. The van der Waals surface area contributed by atoms with Gasteiger partial charge in [0.05, 0.1) is 5.69 Å². The number of nitrogens with zero attached hydrogens (tertiary/aromatic N) is 2. The number of hydrogen-bond acceptors (Lipinski definition) is 2. The minimum atomic E-state index is 0.717. The fourth-order valence-corrected chi connectivity index (χ4v) is 2.44. The Labute approximate surface area is 107 Å². The van der Waals surface area contributed by atoms with Crippen LogP contribution in [-0.2, 0) is 6.54 Å². The second-order valence-electron chi connectivity index (χ2n) is 4.55. The molecule has 0 saturated carbocycles. The van der Waals surface area contributed by atoms with Gasteiger partial charge in [-0.2, -0.15) is 5.10 Å². The molecule has 0 N–H and O–H groups in total. The van der Waals surface area contributed by atoms with Crippen LogP contribution < -0.4 is 0 Å². The minimum absolute atomic E-state index is 0.717. The summed E-state index contributed by atoms with van der Waals surface area (Å²) in [7, 11) is 0. The zero-order chi connectivity index (χ0) is 13.3. The second kappa shape index (κ2) is 4.77. The Balaban J connectivity index is 2.62. The van der Waals surface area contributed by atoms with E-state index < -0.39 is 0 Å². The molecule has 18 heavy (non-hydrogen) atoms. The van der Waals surface area contributed by atoms with Gasteiger partial charge in [-0.15, -0.1) is 0 Å². The van der Waals surface area contributed by atoms with Gasteiger partial charge in [0.15, 0.2) is 0 Å². The van der Waals surface area contributed by atoms with Crippen LogP contribution in [0, 0.1) is 20.8 Å². The molecule has 0 radical (unpaired) electrons. The molecule has 0 atom stereocenters. The third kappa shape index (κ3) is 1.96. The summed E-state index contributed by atoms with van der Waals surface area (Å²) in [6.45, 7) is 9.11. The monoisotopic (exact) mass is 242 g/mol. The number of rotatable bonds is 3. The molecule has 0 fully saturated rings. The van der Waals surface area contributed by atoms with E-state index in [9.17, 15) is 4.79 Å². The first-order valence-electron chi connectivity index (χ1n) is 6.18. The Morgan fingerprint density at radius 2 is 2.00 bits per heavy atom. The van der Waals surface area contributed by atoms with Gasteiger partial charge < -0.3 is 0 Å². The number of hydrogen-bond donors (Lipinski definition) is 0. The minimum Gasteiger partial charge on any atom is -0.298 e. The number of aryl methyl sites for hydroxylation is 3. The van der Waals surface area contributed by atoms with E-state index in [1.165, 1.54) is 11.3 Å². The molecule has 0 aliphatic heterocycles. The van der Waals surface area contributed by atoms with Crippen LogP contribution in [0.4, 0.5) is 0 Å². The van der Waals surface area contributed by atoms with Gasteiger partial charge in [-0.25, -0.2) is 0 Å². The number of carbonyl (C=O) groups is 1. The van der Waals surface area contributed by atoms with E-state index >= 15 is 0 Å². The smallest absolute Gasteiger partial charge is 0.150 e. The second-order valence-corrected chi connectivity index (χ2v) is 4.55. The van der Waals surface area contributed by atoms with E-state index in [0.717, 1.165) is 35.2 Å². The van der Waals surface area contributed by atoms with E-state index in [-0.39, 0.29) is 0 Å². The third-order valence-corrected chi connectivity index (χ3v) is 3.34. The van der Waals surface area contributed by atoms with E-state index in [1.54, 1.807) is 0 Å². The number of benzene rings is 1. The highest BCUT2D eigenvalue weighted by Crippen LogP contribution is 2.30. The molecule has 3 nitrogen and oxygen atoms in total. The Bertz CT molecular complexity index is 597. The molecule has 1 heterocycles. The van der Waals surface area contributed by atoms with Crippen molar-refractivity contribution in [2.45, 2.75) is 34.2 Å². The van der Waals surface area contributed by atoms with E-state index in [4.69, 9.17) is 0 Å². The molecular formula is C15H18N2O. The average molecular weight is 242 g/mol. The molecule has 94 valence electrons. The first kappa shape index (κ1) is 12.6. The topological polar surface area (TPSA) is 34.9 Å². The highest BCUT2D eigenvalue weighted by Gasteiger charge is 2.14. The van der Waals surface area contributed by atoms with Gasteiger partial charge in [-0.1, -0.05) is 12.1 Å². The number of carbonyl (C=O) groups excluding carboxylic acids is 1. The predicted molar refractivity (Wildman–Crippen MR) is 72.9 cm³/mol. The van der Waals surface area contributed by atoms with Crippen molar-refractivity contribution in [3.63, 3.8) is 0 Å².